The molecular formula is C25H20ClN3O2S. The van der Waals surface area contributed by atoms with Crippen molar-refractivity contribution in [2.75, 3.05) is 0 Å². The third kappa shape index (κ3) is 3.87. The van der Waals surface area contributed by atoms with Crippen molar-refractivity contribution >= 4 is 34.3 Å². The topological polar surface area (TPSA) is 60.4 Å². The third-order valence-electron chi connectivity index (χ3n) is 5.81. The molecule has 0 saturated heterocycles. The van der Waals surface area contributed by atoms with Gasteiger partial charge in [0, 0.05) is 22.0 Å². The van der Waals surface area contributed by atoms with Crippen LogP contribution < -0.4 is 4.80 Å². The summed E-state index contributed by atoms with van der Waals surface area (Å²) in [4.78, 5) is 16.7. The number of hydrogen-bond acceptors (Lipinski definition) is 4. The first-order valence-corrected chi connectivity index (χ1v) is 11.7. The molecular weight excluding hydrogens is 442 g/mol. The SMILES string of the molecule is O=[N+]([O-])c1ccccc1N=c1scc(-c2cccc(Cl)c2)n1C1CCCc2ccccc21. The van der Waals surface area contributed by atoms with Crippen LogP contribution in [0.2, 0.25) is 5.02 Å². The first kappa shape index (κ1) is 20.7. The van der Waals surface area contributed by atoms with Gasteiger partial charge in [0.15, 0.2) is 4.80 Å². The molecule has 0 radical (unpaired) electrons. The van der Waals surface area contributed by atoms with Crippen LogP contribution in [0.15, 0.2) is 83.2 Å². The molecule has 1 unspecified atom stereocenters. The Hall–Kier alpha value is -3.22. The third-order valence-corrected chi connectivity index (χ3v) is 6.88. The zero-order valence-electron chi connectivity index (χ0n) is 17.1. The molecule has 32 heavy (non-hydrogen) atoms. The molecule has 160 valence electrons. The molecule has 0 amide bonds. The summed E-state index contributed by atoms with van der Waals surface area (Å²) in [7, 11) is 0. The van der Waals surface area contributed by atoms with Gasteiger partial charge in [-0.15, -0.1) is 11.3 Å². The Labute approximate surface area is 194 Å². The number of nitro benzene ring substituents is 1. The number of halogens is 1. The van der Waals surface area contributed by atoms with Crippen molar-refractivity contribution in [1.82, 2.24) is 4.57 Å². The Morgan fingerprint density at radius 3 is 2.72 bits per heavy atom. The largest absolute Gasteiger partial charge is 0.309 e. The predicted octanol–water partition coefficient (Wildman–Crippen LogP) is 6.94. The quantitative estimate of drug-likeness (QED) is 0.244. The summed E-state index contributed by atoms with van der Waals surface area (Å²) in [5.41, 5.74) is 4.99. The second-order valence-electron chi connectivity index (χ2n) is 7.75. The van der Waals surface area contributed by atoms with Gasteiger partial charge in [-0.05, 0) is 48.6 Å². The number of hydrogen-bond donors (Lipinski definition) is 0. The number of nitrogens with zero attached hydrogens (tertiary/aromatic N) is 3. The van der Waals surface area contributed by atoms with E-state index in [9.17, 15) is 10.1 Å². The fraction of sp³-hybridized carbons (Fsp3) is 0.160. The molecule has 0 N–H and O–H groups in total. The number of para-hydroxylation sites is 2. The molecule has 5 nitrogen and oxygen atoms in total. The highest BCUT2D eigenvalue weighted by molar-refractivity contribution is 7.07. The summed E-state index contributed by atoms with van der Waals surface area (Å²) in [5, 5.41) is 14.3. The first-order valence-electron chi connectivity index (χ1n) is 10.4. The van der Waals surface area contributed by atoms with Gasteiger partial charge in [-0.3, -0.25) is 10.1 Å². The first-order chi connectivity index (χ1) is 15.6. The standard InChI is InChI=1S/C25H20ClN3O2S/c26-19-10-5-9-18(15-19)24-16-32-25(27-21-12-3-4-13-23(21)29(30)31)28(24)22-14-6-8-17-7-1-2-11-20(17)22/h1-5,7,9-13,15-16,22H,6,8,14H2. The number of nitro groups is 1. The summed E-state index contributed by atoms with van der Waals surface area (Å²) < 4.78 is 2.23. The lowest BCUT2D eigenvalue weighted by Gasteiger charge is -2.28. The minimum Gasteiger partial charge on any atom is -0.309 e. The number of rotatable bonds is 4. The lowest BCUT2D eigenvalue weighted by molar-refractivity contribution is -0.384. The zero-order chi connectivity index (χ0) is 22.1. The van der Waals surface area contributed by atoms with E-state index >= 15 is 0 Å². The molecule has 1 atom stereocenters. The van der Waals surface area contributed by atoms with E-state index in [2.05, 4.69) is 34.2 Å². The molecule has 0 fully saturated rings. The van der Waals surface area contributed by atoms with Crippen molar-refractivity contribution in [3.05, 3.63) is 109 Å². The summed E-state index contributed by atoms with van der Waals surface area (Å²) >= 11 is 7.79. The average molecular weight is 462 g/mol. The van der Waals surface area contributed by atoms with Crippen LogP contribution in [0.4, 0.5) is 11.4 Å². The van der Waals surface area contributed by atoms with Crippen LogP contribution in [0, 0.1) is 10.1 Å². The van der Waals surface area contributed by atoms with Crippen LogP contribution in [-0.4, -0.2) is 9.49 Å². The Bertz CT molecular complexity index is 1380. The van der Waals surface area contributed by atoms with E-state index in [4.69, 9.17) is 16.6 Å². The molecule has 1 aliphatic rings. The molecule has 5 rings (SSSR count). The molecule has 0 aliphatic heterocycles. The number of benzene rings is 3. The predicted molar refractivity (Wildman–Crippen MR) is 129 cm³/mol. The van der Waals surface area contributed by atoms with E-state index < -0.39 is 0 Å². The van der Waals surface area contributed by atoms with Crippen LogP contribution >= 0.6 is 22.9 Å². The average Bonchev–Trinajstić information content (AvgIpc) is 3.22. The fourth-order valence-electron chi connectivity index (χ4n) is 4.37. The number of aromatic nitrogens is 1. The maximum Gasteiger partial charge on any atom is 0.294 e. The minimum absolute atomic E-state index is 0.000741. The summed E-state index contributed by atoms with van der Waals surface area (Å²) in [5.74, 6) is 0. The Balaban J connectivity index is 1.76. The monoisotopic (exact) mass is 461 g/mol. The van der Waals surface area contributed by atoms with Crippen LogP contribution in [0.25, 0.3) is 11.3 Å². The van der Waals surface area contributed by atoms with Crippen molar-refractivity contribution in [3.63, 3.8) is 0 Å². The van der Waals surface area contributed by atoms with Crippen LogP contribution in [0.5, 0.6) is 0 Å². The van der Waals surface area contributed by atoms with Crippen LogP contribution in [0.1, 0.15) is 30.0 Å². The normalized spacial score (nSPS) is 16.0. The molecule has 3 aromatic carbocycles. The molecule has 7 heteroatoms. The maximum absolute atomic E-state index is 11.6. The van der Waals surface area contributed by atoms with Crippen molar-refractivity contribution in [1.29, 1.82) is 0 Å². The number of aryl methyl sites for hydroxylation is 1. The van der Waals surface area contributed by atoms with Crippen molar-refractivity contribution in [2.24, 2.45) is 4.99 Å². The molecule has 0 spiro atoms. The lowest BCUT2D eigenvalue weighted by Crippen LogP contribution is -2.26. The molecule has 1 heterocycles. The smallest absolute Gasteiger partial charge is 0.294 e. The van der Waals surface area contributed by atoms with Crippen molar-refractivity contribution < 1.29 is 4.92 Å². The van der Waals surface area contributed by atoms with E-state index in [0.29, 0.717) is 10.7 Å². The second-order valence-corrected chi connectivity index (χ2v) is 9.02. The van der Waals surface area contributed by atoms with Gasteiger partial charge in [0.2, 0.25) is 0 Å². The van der Waals surface area contributed by atoms with Gasteiger partial charge >= 0.3 is 0 Å². The summed E-state index contributed by atoms with van der Waals surface area (Å²) in [6.45, 7) is 0. The summed E-state index contributed by atoms with van der Waals surface area (Å²) in [6, 6.07) is 23.0. The Morgan fingerprint density at radius 2 is 1.88 bits per heavy atom. The number of fused-ring (bicyclic) bond motifs is 1. The van der Waals surface area contributed by atoms with E-state index in [1.165, 1.54) is 28.5 Å². The van der Waals surface area contributed by atoms with E-state index in [0.717, 1.165) is 35.3 Å². The number of thiazole rings is 1. The molecule has 1 aromatic heterocycles. The fourth-order valence-corrected chi connectivity index (χ4v) is 5.52. The van der Waals surface area contributed by atoms with Gasteiger partial charge in [0.25, 0.3) is 5.69 Å². The van der Waals surface area contributed by atoms with E-state index in [-0.39, 0.29) is 16.7 Å². The maximum atomic E-state index is 11.6. The van der Waals surface area contributed by atoms with Gasteiger partial charge in [0.1, 0.15) is 5.69 Å². The Morgan fingerprint density at radius 1 is 1.06 bits per heavy atom. The van der Waals surface area contributed by atoms with Crippen LogP contribution in [0.3, 0.4) is 0 Å². The lowest BCUT2D eigenvalue weighted by atomic mass is 9.87. The molecule has 1 aliphatic carbocycles. The van der Waals surface area contributed by atoms with E-state index in [1.54, 1.807) is 18.2 Å². The molecule has 0 saturated carbocycles. The van der Waals surface area contributed by atoms with Crippen LogP contribution in [-0.2, 0) is 6.42 Å². The van der Waals surface area contributed by atoms with Gasteiger partial charge in [0.05, 0.1) is 16.7 Å². The second kappa shape index (κ2) is 8.73. The van der Waals surface area contributed by atoms with Gasteiger partial charge in [-0.25, -0.2) is 4.99 Å². The highest BCUT2D eigenvalue weighted by atomic mass is 35.5. The highest BCUT2D eigenvalue weighted by Gasteiger charge is 2.25. The Kier molecular flexibility index (Phi) is 5.64. The molecule has 4 aromatic rings. The van der Waals surface area contributed by atoms with Crippen molar-refractivity contribution in [3.8, 4) is 11.3 Å². The van der Waals surface area contributed by atoms with Gasteiger partial charge in [-0.2, -0.15) is 0 Å². The highest BCUT2D eigenvalue weighted by Crippen LogP contribution is 2.36. The summed E-state index contributed by atoms with van der Waals surface area (Å²) in [6.07, 6.45) is 3.11. The minimum atomic E-state index is -0.384. The van der Waals surface area contributed by atoms with Gasteiger partial charge in [-0.1, -0.05) is 60.1 Å². The van der Waals surface area contributed by atoms with Gasteiger partial charge < -0.3 is 4.57 Å². The molecule has 0 bridgehead atoms. The zero-order valence-corrected chi connectivity index (χ0v) is 18.7. The van der Waals surface area contributed by atoms with E-state index in [1.807, 2.05) is 24.3 Å². The van der Waals surface area contributed by atoms with Crippen molar-refractivity contribution in [2.45, 2.75) is 25.3 Å².